The lowest BCUT2D eigenvalue weighted by Crippen LogP contribution is -2.45. The van der Waals surface area contributed by atoms with Gasteiger partial charge in [0.1, 0.15) is 6.04 Å². The van der Waals surface area contributed by atoms with Gasteiger partial charge in [-0.05, 0) is 31.7 Å². The summed E-state index contributed by atoms with van der Waals surface area (Å²) in [5.41, 5.74) is 1.02. The van der Waals surface area contributed by atoms with E-state index in [-0.39, 0.29) is 18.4 Å². The Morgan fingerprint density at radius 3 is 2.65 bits per heavy atom. The van der Waals surface area contributed by atoms with Gasteiger partial charge in [-0.15, -0.1) is 0 Å². The molecule has 0 aromatic heterocycles. The molecule has 0 bridgehead atoms. The number of nitriles is 1. The lowest BCUT2D eigenvalue weighted by atomic mass is 9.79. The number of hydrogen-bond donors (Lipinski definition) is 1. The van der Waals surface area contributed by atoms with Crippen molar-refractivity contribution in [2.75, 3.05) is 7.11 Å². The van der Waals surface area contributed by atoms with Crippen molar-refractivity contribution in [3.05, 3.63) is 35.9 Å². The lowest BCUT2D eigenvalue weighted by Gasteiger charge is -2.27. The average molecular weight is 355 g/mol. The van der Waals surface area contributed by atoms with E-state index in [1.54, 1.807) is 0 Å². The van der Waals surface area contributed by atoms with Gasteiger partial charge in [0.25, 0.3) is 0 Å². The van der Waals surface area contributed by atoms with E-state index in [0.717, 1.165) is 24.1 Å². The maximum atomic E-state index is 12.1. The van der Waals surface area contributed by atoms with Crippen LogP contribution in [0.1, 0.15) is 51.1 Å². The van der Waals surface area contributed by atoms with Gasteiger partial charge in [-0.1, -0.05) is 30.3 Å². The monoisotopic (exact) mass is 355 g/mol. The van der Waals surface area contributed by atoms with Gasteiger partial charge in [-0.2, -0.15) is 5.26 Å². The summed E-state index contributed by atoms with van der Waals surface area (Å²) in [4.78, 5) is 28.3. The Morgan fingerprint density at radius 1 is 1.38 bits per heavy atom. The Kier molecular flexibility index (Phi) is 6.51. The van der Waals surface area contributed by atoms with E-state index in [2.05, 4.69) is 11.4 Å². The van der Waals surface area contributed by atoms with E-state index in [1.165, 1.54) is 14.0 Å². The highest BCUT2D eigenvalue weighted by molar-refractivity contribution is 5.95. The fraction of sp³-hybridized carbons (Fsp3) is 0.500. The van der Waals surface area contributed by atoms with Crippen molar-refractivity contribution in [2.24, 2.45) is 10.4 Å². The molecule has 1 saturated carbocycles. The molecule has 0 saturated heterocycles. The maximum absolute atomic E-state index is 12.1. The van der Waals surface area contributed by atoms with E-state index in [0.29, 0.717) is 6.42 Å². The molecule has 1 aromatic carbocycles. The SMILES string of the molecule is COC(=O)[C@H](C[C@@]1(C#N)CCCC1=N[C@@H](C)c1ccccc1)NC(C)=O. The molecule has 0 radical (unpaired) electrons. The molecule has 0 aliphatic heterocycles. The molecule has 1 N–H and O–H groups in total. The second kappa shape index (κ2) is 8.61. The molecule has 3 atom stereocenters. The number of amides is 1. The van der Waals surface area contributed by atoms with Gasteiger partial charge in [0, 0.05) is 19.1 Å². The third kappa shape index (κ3) is 4.48. The molecule has 6 nitrogen and oxygen atoms in total. The highest BCUT2D eigenvalue weighted by atomic mass is 16.5. The third-order valence-electron chi connectivity index (χ3n) is 4.83. The van der Waals surface area contributed by atoms with Crippen molar-refractivity contribution in [1.82, 2.24) is 5.32 Å². The summed E-state index contributed by atoms with van der Waals surface area (Å²) in [5, 5.41) is 12.5. The molecule has 26 heavy (non-hydrogen) atoms. The van der Waals surface area contributed by atoms with Gasteiger partial charge in [0.15, 0.2) is 0 Å². The summed E-state index contributed by atoms with van der Waals surface area (Å²) in [6, 6.07) is 11.3. The molecule has 0 heterocycles. The zero-order valence-electron chi connectivity index (χ0n) is 15.5. The fourth-order valence-electron chi connectivity index (χ4n) is 3.48. The summed E-state index contributed by atoms with van der Waals surface area (Å²) in [6.07, 6.45) is 2.35. The maximum Gasteiger partial charge on any atom is 0.328 e. The Balaban J connectivity index is 2.29. The second-order valence-electron chi connectivity index (χ2n) is 6.69. The van der Waals surface area contributed by atoms with Crippen LogP contribution in [0, 0.1) is 16.7 Å². The van der Waals surface area contributed by atoms with Crippen LogP contribution >= 0.6 is 0 Å². The van der Waals surface area contributed by atoms with Crippen molar-refractivity contribution in [2.45, 2.75) is 51.6 Å². The number of nitrogens with one attached hydrogen (secondary N) is 1. The van der Waals surface area contributed by atoms with E-state index in [9.17, 15) is 14.9 Å². The van der Waals surface area contributed by atoms with Crippen LogP contribution in [0.4, 0.5) is 0 Å². The van der Waals surface area contributed by atoms with E-state index in [1.807, 2.05) is 37.3 Å². The number of hydrogen-bond acceptors (Lipinski definition) is 5. The number of nitrogens with zero attached hydrogens (tertiary/aromatic N) is 2. The Bertz CT molecular complexity index is 724. The van der Waals surface area contributed by atoms with Crippen LogP contribution in [-0.4, -0.2) is 30.7 Å². The smallest absolute Gasteiger partial charge is 0.328 e. The van der Waals surface area contributed by atoms with Crippen molar-refractivity contribution < 1.29 is 14.3 Å². The molecule has 1 aliphatic carbocycles. The van der Waals surface area contributed by atoms with Crippen molar-refractivity contribution >= 4 is 17.6 Å². The van der Waals surface area contributed by atoms with E-state index in [4.69, 9.17) is 9.73 Å². The van der Waals surface area contributed by atoms with Crippen LogP contribution in [0.5, 0.6) is 0 Å². The standard InChI is InChI=1S/C20H25N3O3/c1-14(16-8-5-4-6-9-16)22-18-10-7-11-20(18,13-21)12-17(19(25)26-3)23-15(2)24/h4-6,8-9,14,17H,7,10-12H2,1-3H3,(H,23,24)/t14-,17-,20+/m0/s1. The largest absolute Gasteiger partial charge is 0.467 e. The van der Waals surface area contributed by atoms with Crippen LogP contribution in [0.3, 0.4) is 0 Å². The summed E-state index contributed by atoms with van der Waals surface area (Å²) in [6.45, 7) is 3.34. The van der Waals surface area contributed by atoms with Gasteiger partial charge in [0.2, 0.25) is 5.91 Å². The number of methoxy groups -OCH3 is 1. The number of ether oxygens (including phenoxy) is 1. The number of esters is 1. The minimum Gasteiger partial charge on any atom is -0.467 e. The van der Waals surface area contributed by atoms with Crippen LogP contribution in [0.2, 0.25) is 0 Å². The first-order valence-electron chi connectivity index (χ1n) is 8.80. The fourth-order valence-corrected chi connectivity index (χ4v) is 3.48. The predicted molar refractivity (Wildman–Crippen MR) is 98.4 cm³/mol. The molecule has 1 amide bonds. The Morgan fingerprint density at radius 2 is 2.08 bits per heavy atom. The minimum absolute atomic E-state index is 0.0747. The molecule has 1 aromatic rings. The van der Waals surface area contributed by atoms with Gasteiger partial charge in [0.05, 0.1) is 24.6 Å². The highest BCUT2D eigenvalue weighted by Crippen LogP contribution is 2.41. The Hall–Kier alpha value is -2.68. The number of carbonyl (C=O) groups excluding carboxylic acids is 2. The van der Waals surface area contributed by atoms with Crippen LogP contribution in [-0.2, 0) is 14.3 Å². The first kappa shape index (κ1) is 19.6. The van der Waals surface area contributed by atoms with E-state index >= 15 is 0 Å². The Labute approximate surface area is 154 Å². The normalized spacial score (nSPS) is 23.1. The first-order chi connectivity index (χ1) is 12.4. The zero-order valence-corrected chi connectivity index (χ0v) is 15.5. The predicted octanol–water partition coefficient (Wildman–Crippen LogP) is 2.95. The third-order valence-corrected chi connectivity index (χ3v) is 4.83. The average Bonchev–Trinajstić information content (AvgIpc) is 3.03. The number of carbonyl (C=O) groups is 2. The summed E-state index contributed by atoms with van der Waals surface area (Å²) < 4.78 is 4.80. The van der Waals surface area contributed by atoms with Crippen LogP contribution in [0.25, 0.3) is 0 Å². The van der Waals surface area contributed by atoms with Crippen LogP contribution in [0.15, 0.2) is 35.3 Å². The molecule has 6 heteroatoms. The summed E-state index contributed by atoms with van der Waals surface area (Å²) in [7, 11) is 1.28. The second-order valence-corrected chi connectivity index (χ2v) is 6.69. The first-order valence-corrected chi connectivity index (χ1v) is 8.80. The zero-order chi connectivity index (χ0) is 19.2. The van der Waals surface area contributed by atoms with Crippen molar-refractivity contribution in [1.29, 1.82) is 5.26 Å². The highest BCUT2D eigenvalue weighted by Gasteiger charge is 2.44. The molecular formula is C20H25N3O3. The quantitative estimate of drug-likeness (QED) is 0.794. The lowest BCUT2D eigenvalue weighted by molar-refractivity contribution is -0.145. The van der Waals surface area contributed by atoms with E-state index < -0.39 is 17.4 Å². The molecule has 0 unspecified atom stereocenters. The molecule has 1 fully saturated rings. The van der Waals surface area contributed by atoms with Gasteiger partial charge < -0.3 is 10.1 Å². The van der Waals surface area contributed by atoms with Crippen LogP contribution < -0.4 is 5.32 Å². The van der Waals surface area contributed by atoms with Gasteiger partial charge in [-0.25, -0.2) is 4.79 Å². The van der Waals surface area contributed by atoms with Gasteiger partial charge in [-0.3, -0.25) is 9.79 Å². The molecule has 2 rings (SSSR count). The molecular weight excluding hydrogens is 330 g/mol. The number of rotatable bonds is 6. The number of aliphatic imine (C=N–C) groups is 1. The molecule has 138 valence electrons. The molecule has 1 aliphatic rings. The summed E-state index contributed by atoms with van der Waals surface area (Å²) >= 11 is 0. The summed E-state index contributed by atoms with van der Waals surface area (Å²) in [5.74, 6) is -0.875. The van der Waals surface area contributed by atoms with Crippen molar-refractivity contribution in [3.8, 4) is 6.07 Å². The van der Waals surface area contributed by atoms with Crippen molar-refractivity contribution in [3.63, 3.8) is 0 Å². The number of benzene rings is 1. The molecule has 0 spiro atoms. The van der Waals surface area contributed by atoms with Gasteiger partial charge >= 0.3 is 5.97 Å². The topological polar surface area (TPSA) is 91.6 Å². The minimum atomic E-state index is -0.857.